The van der Waals surface area contributed by atoms with Crippen LogP contribution in [0.15, 0.2) is 0 Å². The first-order valence-electron chi connectivity index (χ1n) is 6.10. The van der Waals surface area contributed by atoms with Gasteiger partial charge in [-0.3, -0.25) is 4.79 Å². The van der Waals surface area contributed by atoms with E-state index in [0.29, 0.717) is 18.0 Å². The molecule has 1 aromatic rings. The summed E-state index contributed by atoms with van der Waals surface area (Å²) < 4.78 is 8.90. The van der Waals surface area contributed by atoms with Crippen molar-refractivity contribution in [1.29, 1.82) is 0 Å². The average Bonchev–Trinajstić information content (AvgIpc) is 2.77. The Hall–Kier alpha value is -0.530. The van der Waals surface area contributed by atoms with Gasteiger partial charge in [-0.15, -0.1) is 5.10 Å². The van der Waals surface area contributed by atoms with Gasteiger partial charge in [0, 0.05) is 23.9 Å². The lowest BCUT2D eigenvalue weighted by atomic mass is 9.91. The zero-order valence-electron chi connectivity index (χ0n) is 11.7. The number of hydrogen-bond acceptors (Lipinski definition) is 5. The van der Waals surface area contributed by atoms with Crippen LogP contribution in [-0.2, 0) is 10.2 Å². The smallest absolute Gasteiger partial charge is 0.264 e. The highest BCUT2D eigenvalue weighted by atomic mass is 79.9. The van der Waals surface area contributed by atoms with E-state index in [0.717, 1.165) is 23.6 Å². The molecule has 108 valence electrons. The summed E-state index contributed by atoms with van der Waals surface area (Å²) >= 11 is 4.63. The number of aromatic nitrogens is 2. The number of methoxy groups -OCH3 is 1. The molecule has 0 saturated heterocycles. The zero-order chi connectivity index (χ0) is 14.5. The van der Waals surface area contributed by atoms with E-state index in [1.165, 1.54) is 0 Å². The maximum atomic E-state index is 12.1. The van der Waals surface area contributed by atoms with E-state index in [1.807, 2.05) is 20.8 Å². The number of rotatable bonds is 6. The van der Waals surface area contributed by atoms with E-state index in [2.05, 4.69) is 30.8 Å². The summed E-state index contributed by atoms with van der Waals surface area (Å²) in [7, 11) is 1.66. The van der Waals surface area contributed by atoms with Gasteiger partial charge >= 0.3 is 0 Å². The number of nitrogens with one attached hydrogen (secondary N) is 1. The van der Waals surface area contributed by atoms with E-state index in [-0.39, 0.29) is 16.1 Å². The van der Waals surface area contributed by atoms with E-state index < -0.39 is 0 Å². The highest BCUT2D eigenvalue weighted by Gasteiger charge is 2.26. The van der Waals surface area contributed by atoms with Crippen molar-refractivity contribution < 1.29 is 9.53 Å². The minimum atomic E-state index is -0.173. The van der Waals surface area contributed by atoms with Gasteiger partial charge in [-0.25, -0.2) is 0 Å². The maximum absolute atomic E-state index is 12.1. The summed E-state index contributed by atoms with van der Waals surface area (Å²) in [6, 6.07) is 0. The summed E-state index contributed by atoms with van der Waals surface area (Å²) in [6.07, 6.45) is 0.816. The second-order valence-corrected chi connectivity index (χ2v) is 7.35. The van der Waals surface area contributed by atoms with Crippen LogP contribution in [0.2, 0.25) is 0 Å². The van der Waals surface area contributed by atoms with Crippen molar-refractivity contribution in [3.8, 4) is 0 Å². The van der Waals surface area contributed by atoms with Gasteiger partial charge in [0.05, 0.1) is 12.3 Å². The molecule has 0 radical (unpaired) electrons. The molecule has 1 rings (SSSR count). The topological polar surface area (TPSA) is 64.1 Å². The fourth-order valence-electron chi connectivity index (χ4n) is 1.52. The molecule has 1 amide bonds. The first-order valence-corrected chi connectivity index (χ1v) is 7.79. The molecule has 1 aromatic heterocycles. The molecule has 0 saturated carbocycles. The van der Waals surface area contributed by atoms with E-state index in [1.54, 1.807) is 7.11 Å². The summed E-state index contributed by atoms with van der Waals surface area (Å²) in [5, 5.41) is 6.95. The van der Waals surface area contributed by atoms with E-state index in [9.17, 15) is 4.79 Å². The standard InChI is InChI=1S/C12H20BrN3O2S/c1-12(2,3)10-9(19-16-15-10)11(17)14-6-5-8(13)7-18-4/h8H,5-7H2,1-4H3,(H,14,17). The molecule has 0 spiro atoms. The molecule has 7 heteroatoms. The third-order valence-corrected chi connectivity index (χ3v) is 3.94. The number of alkyl halides is 1. The summed E-state index contributed by atoms with van der Waals surface area (Å²) in [5.41, 5.74) is 0.579. The number of halogens is 1. The molecule has 1 atom stereocenters. The predicted molar refractivity (Wildman–Crippen MR) is 80.2 cm³/mol. The molecule has 0 fully saturated rings. The van der Waals surface area contributed by atoms with Crippen molar-refractivity contribution in [2.45, 2.75) is 37.4 Å². The molecule has 5 nitrogen and oxygen atoms in total. The normalized spacial score (nSPS) is 13.3. The molecule has 19 heavy (non-hydrogen) atoms. The molecule has 1 heterocycles. The number of carbonyl (C=O) groups is 1. The Labute approximate surface area is 126 Å². The van der Waals surface area contributed by atoms with Crippen molar-refractivity contribution in [1.82, 2.24) is 14.9 Å². The largest absolute Gasteiger partial charge is 0.384 e. The number of nitrogens with zero attached hydrogens (tertiary/aromatic N) is 2. The van der Waals surface area contributed by atoms with Gasteiger partial charge < -0.3 is 10.1 Å². The third kappa shape index (κ3) is 5.16. The molecule has 0 aliphatic heterocycles. The summed E-state index contributed by atoms with van der Waals surface area (Å²) in [6.45, 7) is 7.29. The summed E-state index contributed by atoms with van der Waals surface area (Å²) in [5.74, 6) is -0.1000. The van der Waals surface area contributed by atoms with Crippen molar-refractivity contribution in [3.05, 3.63) is 10.6 Å². The molecule has 1 unspecified atom stereocenters. The van der Waals surface area contributed by atoms with Crippen LogP contribution < -0.4 is 5.32 Å². The SMILES string of the molecule is COCC(Br)CCNC(=O)c1snnc1C(C)(C)C. The van der Waals surface area contributed by atoms with Crippen molar-refractivity contribution in [2.24, 2.45) is 0 Å². The lowest BCUT2D eigenvalue weighted by Gasteiger charge is -2.16. The Balaban J connectivity index is 2.53. The third-order valence-electron chi connectivity index (χ3n) is 2.50. The quantitative estimate of drug-likeness (QED) is 0.800. The number of ether oxygens (including phenoxy) is 1. The van der Waals surface area contributed by atoms with Crippen LogP contribution in [0.5, 0.6) is 0 Å². The van der Waals surface area contributed by atoms with Gasteiger partial charge in [-0.2, -0.15) is 0 Å². The van der Waals surface area contributed by atoms with Gasteiger partial charge in [-0.1, -0.05) is 41.2 Å². The minimum Gasteiger partial charge on any atom is -0.384 e. The van der Waals surface area contributed by atoms with Crippen molar-refractivity contribution in [3.63, 3.8) is 0 Å². The monoisotopic (exact) mass is 349 g/mol. The van der Waals surface area contributed by atoms with Crippen LogP contribution in [0.25, 0.3) is 0 Å². The molecule has 0 aromatic carbocycles. The first-order chi connectivity index (χ1) is 8.86. The van der Waals surface area contributed by atoms with Gasteiger partial charge in [0.15, 0.2) is 0 Å². The van der Waals surface area contributed by atoms with Crippen molar-refractivity contribution >= 4 is 33.4 Å². The van der Waals surface area contributed by atoms with Gasteiger partial charge in [0.25, 0.3) is 5.91 Å². The Bertz CT molecular complexity index is 417. The Morgan fingerprint density at radius 2 is 2.21 bits per heavy atom. The Kier molecular flexibility index (Phi) is 6.35. The maximum Gasteiger partial charge on any atom is 0.264 e. The summed E-state index contributed by atoms with van der Waals surface area (Å²) in [4.78, 5) is 12.9. The number of amides is 1. The van der Waals surface area contributed by atoms with Gasteiger partial charge in [0.2, 0.25) is 0 Å². The number of hydrogen-bond donors (Lipinski definition) is 1. The highest BCUT2D eigenvalue weighted by Crippen LogP contribution is 2.25. The fourth-order valence-corrected chi connectivity index (χ4v) is 2.80. The van der Waals surface area contributed by atoms with E-state index >= 15 is 0 Å². The second kappa shape index (κ2) is 7.31. The second-order valence-electron chi connectivity index (χ2n) is 5.30. The van der Waals surface area contributed by atoms with Gasteiger partial charge in [-0.05, 0) is 18.0 Å². The van der Waals surface area contributed by atoms with Crippen LogP contribution in [0.1, 0.15) is 42.6 Å². The van der Waals surface area contributed by atoms with Crippen LogP contribution >= 0.6 is 27.5 Å². The highest BCUT2D eigenvalue weighted by molar-refractivity contribution is 9.09. The minimum absolute atomic E-state index is 0.1000. The van der Waals surface area contributed by atoms with Crippen LogP contribution in [-0.4, -0.2) is 40.6 Å². The lowest BCUT2D eigenvalue weighted by Crippen LogP contribution is -2.28. The molecular weight excluding hydrogens is 330 g/mol. The molecule has 0 aliphatic rings. The van der Waals surface area contributed by atoms with Crippen LogP contribution in [0.4, 0.5) is 0 Å². The predicted octanol–water partition coefficient (Wildman–Crippen LogP) is 2.37. The Morgan fingerprint density at radius 1 is 1.53 bits per heavy atom. The Morgan fingerprint density at radius 3 is 2.79 bits per heavy atom. The lowest BCUT2D eigenvalue weighted by molar-refractivity contribution is 0.0953. The number of carbonyl (C=O) groups excluding carboxylic acids is 1. The fraction of sp³-hybridized carbons (Fsp3) is 0.750. The van der Waals surface area contributed by atoms with Crippen LogP contribution in [0, 0.1) is 0 Å². The average molecular weight is 350 g/mol. The molecule has 0 bridgehead atoms. The molecular formula is C12H20BrN3O2S. The first kappa shape index (κ1) is 16.5. The van der Waals surface area contributed by atoms with E-state index in [4.69, 9.17) is 4.74 Å². The van der Waals surface area contributed by atoms with Crippen LogP contribution in [0.3, 0.4) is 0 Å². The zero-order valence-corrected chi connectivity index (χ0v) is 14.1. The van der Waals surface area contributed by atoms with Crippen molar-refractivity contribution in [2.75, 3.05) is 20.3 Å². The van der Waals surface area contributed by atoms with Gasteiger partial charge in [0.1, 0.15) is 4.88 Å². The molecule has 1 N–H and O–H groups in total. The molecule has 0 aliphatic carbocycles.